The van der Waals surface area contributed by atoms with Crippen LogP contribution in [0.1, 0.15) is 65.9 Å². The van der Waals surface area contributed by atoms with Crippen LogP contribution in [0, 0.1) is 26.9 Å². The molecule has 40 heavy (non-hydrogen) atoms. The summed E-state index contributed by atoms with van der Waals surface area (Å²) in [6.07, 6.45) is -1.27. The molecule has 2 atom stereocenters. The number of hydrogen-bond donors (Lipinski definition) is 3. The standard InChI is InChI=1S/C28H38N4O7S/c1-26(2,3)39-25(34)30-28(20-21-11-7-6-8-12-21,24(33)15-17-27(4,5)16-10-18-29)31-40(37,38)23-14-9-13-22(19-23)32(35)36/h6-9,11-14,19,24,31,33H,10,15-17,20H2,1-5H3,(H,30,34). The molecule has 0 spiro atoms. The number of aliphatic hydroxyl groups excluding tert-OH is 1. The lowest BCUT2D eigenvalue weighted by Gasteiger charge is -2.40. The zero-order chi connectivity index (χ0) is 30.2. The fraction of sp³-hybridized carbons (Fsp3) is 0.500. The quantitative estimate of drug-likeness (QED) is 0.174. The first kappa shape index (κ1) is 32.7. The second-order valence-corrected chi connectivity index (χ2v) is 13.2. The Labute approximate surface area is 235 Å². The zero-order valence-corrected chi connectivity index (χ0v) is 24.3. The highest BCUT2D eigenvalue weighted by Crippen LogP contribution is 2.32. The van der Waals surface area contributed by atoms with Gasteiger partial charge in [0.05, 0.1) is 22.0 Å². The van der Waals surface area contributed by atoms with E-state index in [9.17, 15) is 28.4 Å². The normalized spacial score (nSPS) is 14.4. The Kier molecular flexibility index (Phi) is 10.8. The smallest absolute Gasteiger partial charge is 0.409 e. The number of non-ortho nitro benzene ring substituents is 1. The number of nitrogens with one attached hydrogen (secondary N) is 2. The molecule has 0 aliphatic heterocycles. The topological polar surface area (TPSA) is 172 Å². The lowest BCUT2D eigenvalue weighted by atomic mass is 9.80. The van der Waals surface area contributed by atoms with Crippen LogP contribution in [0.5, 0.6) is 0 Å². The number of aliphatic hydroxyl groups is 1. The Morgan fingerprint density at radius 1 is 1.10 bits per heavy atom. The maximum atomic E-state index is 13.7. The number of benzene rings is 2. The molecule has 0 aromatic heterocycles. The van der Waals surface area contributed by atoms with Crippen LogP contribution in [0.2, 0.25) is 0 Å². The van der Waals surface area contributed by atoms with Crippen molar-refractivity contribution in [2.24, 2.45) is 5.41 Å². The van der Waals surface area contributed by atoms with E-state index in [-0.39, 0.29) is 18.3 Å². The Bertz CT molecular complexity index is 1320. The fourth-order valence-electron chi connectivity index (χ4n) is 4.13. The van der Waals surface area contributed by atoms with Gasteiger partial charge in [-0.25, -0.2) is 13.2 Å². The van der Waals surface area contributed by atoms with E-state index >= 15 is 0 Å². The highest BCUT2D eigenvalue weighted by molar-refractivity contribution is 7.89. The molecule has 0 aliphatic rings. The van der Waals surface area contributed by atoms with E-state index < -0.39 is 49.0 Å². The number of nitro groups is 1. The van der Waals surface area contributed by atoms with Crippen LogP contribution in [-0.4, -0.2) is 41.9 Å². The molecule has 2 aromatic rings. The van der Waals surface area contributed by atoms with Crippen LogP contribution in [0.3, 0.4) is 0 Å². The van der Waals surface area contributed by atoms with E-state index in [1.807, 2.05) is 13.8 Å². The molecule has 0 saturated heterocycles. The molecule has 0 bridgehead atoms. The predicted molar refractivity (Wildman–Crippen MR) is 150 cm³/mol. The van der Waals surface area contributed by atoms with E-state index in [0.717, 1.165) is 12.1 Å². The highest BCUT2D eigenvalue weighted by atomic mass is 32.2. The van der Waals surface area contributed by atoms with Gasteiger partial charge in [-0.1, -0.05) is 50.2 Å². The van der Waals surface area contributed by atoms with Gasteiger partial charge in [0.1, 0.15) is 11.3 Å². The number of carbonyl (C=O) groups is 1. The summed E-state index contributed by atoms with van der Waals surface area (Å²) in [5, 5.41) is 34.5. The van der Waals surface area contributed by atoms with Crippen LogP contribution in [0.15, 0.2) is 59.5 Å². The van der Waals surface area contributed by atoms with Crippen molar-refractivity contribution in [1.82, 2.24) is 10.0 Å². The number of nitrogens with zero attached hydrogens (tertiary/aromatic N) is 2. The summed E-state index contributed by atoms with van der Waals surface area (Å²) in [5.74, 6) is 0. The number of carbonyl (C=O) groups excluding carboxylic acids is 1. The van der Waals surface area contributed by atoms with Gasteiger partial charge in [0.15, 0.2) is 0 Å². The van der Waals surface area contributed by atoms with Gasteiger partial charge in [-0.05, 0) is 57.1 Å². The van der Waals surface area contributed by atoms with Crippen molar-refractivity contribution in [3.05, 3.63) is 70.3 Å². The van der Waals surface area contributed by atoms with E-state index in [1.54, 1.807) is 51.1 Å². The number of hydrogen-bond acceptors (Lipinski definition) is 8. The molecule has 2 rings (SSSR count). The molecule has 2 aromatic carbocycles. The number of rotatable bonds is 13. The Morgan fingerprint density at radius 2 is 1.75 bits per heavy atom. The summed E-state index contributed by atoms with van der Waals surface area (Å²) in [6, 6.07) is 15.3. The number of nitriles is 1. The largest absolute Gasteiger partial charge is 0.444 e. The SMILES string of the molecule is CC(C)(CCC#N)CCC(O)C(Cc1ccccc1)(NC(=O)OC(C)(C)C)NS(=O)(=O)c1cccc([N+](=O)[O-])c1. The fourth-order valence-corrected chi connectivity index (χ4v) is 5.52. The molecule has 11 nitrogen and oxygen atoms in total. The van der Waals surface area contributed by atoms with E-state index in [2.05, 4.69) is 16.1 Å². The molecular weight excluding hydrogens is 536 g/mol. The molecule has 0 saturated carbocycles. The maximum absolute atomic E-state index is 13.7. The number of nitro benzene ring substituents is 1. The summed E-state index contributed by atoms with van der Waals surface area (Å²) < 4.78 is 35.2. The summed E-state index contributed by atoms with van der Waals surface area (Å²) >= 11 is 0. The van der Waals surface area contributed by atoms with Crippen molar-refractivity contribution >= 4 is 21.8 Å². The summed E-state index contributed by atoms with van der Waals surface area (Å²) in [6.45, 7) is 8.81. The molecule has 218 valence electrons. The third-order valence-electron chi connectivity index (χ3n) is 6.28. The van der Waals surface area contributed by atoms with Crippen molar-refractivity contribution in [2.45, 2.75) is 89.0 Å². The lowest BCUT2D eigenvalue weighted by molar-refractivity contribution is -0.385. The monoisotopic (exact) mass is 574 g/mol. The molecule has 0 aliphatic carbocycles. The first-order valence-electron chi connectivity index (χ1n) is 12.9. The number of alkyl carbamates (subject to hydrolysis) is 1. The van der Waals surface area contributed by atoms with Gasteiger partial charge in [-0.15, -0.1) is 0 Å². The van der Waals surface area contributed by atoms with Crippen molar-refractivity contribution in [3.8, 4) is 6.07 Å². The van der Waals surface area contributed by atoms with Gasteiger partial charge < -0.3 is 9.84 Å². The summed E-state index contributed by atoms with van der Waals surface area (Å²) in [5.41, 5.74) is -3.12. The molecular formula is C28H38N4O7S. The van der Waals surface area contributed by atoms with E-state index in [1.165, 1.54) is 12.1 Å². The number of sulfonamides is 1. The molecule has 2 unspecified atom stereocenters. The van der Waals surface area contributed by atoms with Crippen LogP contribution in [-0.2, 0) is 21.2 Å². The second kappa shape index (κ2) is 13.2. The van der Waals surface area contributed by atoms with Crippen LogP contribution < -0.4 is 10.0 Å². The Morgan fingerprint density at radius 3 is 2.33 bits per heavy atom. The highest BCUT2D eigenvalue weighted by Gasteiger charge is 2.45. The van der Waals surface area contributed by atoms with Gasteiger partial charge >= 0.3 is 6.09 Å². The minimum atomic E-state index is -4.52. The molecule has 0 heterocycles. The van der Waals surface area contributed by atoms with Gasteiger partial charge in [0.25, 0.3) is 5.69 Å². The van der Waals surface area contributed by atoms with E-state index in [0.29, 0.717) is 24.8 Å². The van der Waals surface area contributed by atoms with Crippen molar-refractivity contribution in [1.29, 1.82) is 5.26 Å². The predicted octanol–water partition coefficient (Wildman–Crippen LogP) is 4.81. The van der Waals surface area contributed by atoms with Crippen molar-refractivity contribution in [3.63, 3.8) is 0 Å². The molecule has 1 amide bonds. The van der Waals surface area contributed by atoms with Gasteiger partial charge in [-0.3, -0.25) is 15.4 Å². The average molecular weight is 575 g/mol. The average Bonchev–Trinajstić information content (AvgIpc) is 2.85. The Balaban J connectivity index is 2.61. The molecule has 3 N–H and O–H groups in total. The van der Waals surface area contributed by atoms with Crippen LogP contribution in [0.25, 0.3) is 0 Å². The minimum absolute atomic E-state index is 0.0541. The van der Waals surface area contributed by atoms with Gasteiger partial charge in [0.2, 0.25) is 10.0 Å². The lowest BCUT2D eigenvalue weighted by Crippen LogP contribution is -2.68. The third kappa shape index (κ3) is 9.89. The third-order valence-corrected chi connectivity index (χ3v) is 7.79. The second-order valence-electron chi connectivity index (χ2n) is 11.5. The number of ether oxygens (including phenoxy) is 1. The van der Waals surface area contributed by atoms with Gasteiger partial charge in [0, 0.05) is 25.0 Å². The first-order chi connectivity index (χ1) is 18.5. The molecule has 12 heteroatoms. The maximum Gasteiger partial charge on any atom is 0.409 e. The van der Waals surface area contributed by atoms with Crippen molar-refractivity contribution < 1.29 is 28.0 Å². The minimum Gasteiger partial charge on any atom is -0.444 e. The zero-order valence-electron chi connectivity index (χ0n) is 23.5. The number of amides is 1. The van der Waals surface area contributed by atoms with Crippen LogP contribution >= 0.6 is 0 Å². The summed E-state index contributed by atoms with van der Waals surface area (Å²) in [4.78, 5) is 23.3. The first-order valence-corrected chi connectivity index (χ1v) is 14.4. The van der Waals surface area contributed by atoms with Crippen molar-refractivity contribution in [2.75, 3.05) is 0 Å². The summed E-state index contributed by atoms with van der Waals surface area (Å²) in [7, 11) is -4.52. The van der Waals surface area contributed by atoms with Gasteiger partial charge in [-0.2, -0.15) is 9.98 Å². The molecule has 0 fully saturated rings. The Hall–Kier alpha value is -3.53. The van der Waals surface area contributed by atoms with E-state index in [4.69, 9.17) is 10.00 Å². The van der Waals surface area contributed by atoms with Crippen LogP contribution in [0.4, 0.5) is 10.5 Å². The molecule has 0 radical (unpaired) electrons.